The number of ether oxygens (including phenoxy) is 1. The van der Waals surface area contributed by atoms with Crippen LogP contribution in [0.4, 0.5) is 4.39 Å². The zero-order valence-corrected chi connectivity index (χ0v) is 16.8. The maximum Gasteiger partial charge on any atom is 0.123 e. The fourth-order valence-corrected chi connectivity index (χ4v) is 4.27. The van der Waals surface area contributed by atoms with E-state index in [1.807, 2.05) is 0 Å². The molecule has 0 aliphatic rings. The van der Waals surface area contributed by atoms with E-state index in [4.69, 9.17) is 10.5 Å². The molecule has 0 aliphatic carbocycles. The molecule has 0 saturated carbocycles. The van der Waals surface area contributed by atoms with Crippen LogP contribution < -0.4 is 10.5 Å². The quantitative estimate of drug-likeness (QED) is 0.624. The Morgan fingerprint density at radius 1 is 1.11 bits per heavy atom. The fourth-order valence-electron chi connectivity index (χ4n) is 4.27. The molecule has 0 amide bonds. The predicted molar refractivity (Wildman–Crippen MR) is 110 cm³/mol. The van der Waals surface area contributed by atoms with Crippen LogP contribution in [0.1, 0.15) is 44.0 Å². The molecule has 3 nitrogen and oxygen atoms in total. The number of aromatic nitrogens is 1. The van der Waals surface area contributed by atoms with Crippen LogP contribution >= 0.6 is 0 Å². The van der Waals surface area contributed by atoms with Gasteiger partial charge in [0.25, 0.3) is 0 Å². The molecule has 1 unspecified atom stereocenters. The van der Waals surface area contributed by atoms with Crippen LogP contribution in [0.15, 0.2) is 42.5 Å². The second-order valence-electron chi connectivity index (χ2n) is 8.57. The Balaban J connectivity index is 1.86. The molecule has 2 aromatic carbocycles. The third kappa shape index (κ3) is 4.16. The number of methoxy groups -OCH3 is 1. The van der Waals surface area contributed by atoms with Crippen molar-refractivity contribution in [3.8, 4) is 5.75 Å². The van der Waals surface area contributed by atoms with Gasteiger partial charge in [-0.15, -0.1) is 0 Å². The lowest BCUT2D eigenvalue weighted by Crippen LogP contribution is -2.44. The zero-order chi connectivity index (χ0) is 19.8. The molecule has 27 heavy (non-hydrogen) atoms. The van der Waals surface area contributed by atoms with Gasteiger partial charge in [-0.25, -0.2) is 4.39 Å². The third-order valence-electron chi connectivity index (χ3n) is 5.27. The van der Waals surface area contributed by atoms with E-state index in [1.165, 1.54) is 17.0 Å². The molecule has 0 radical (unpaired) electrons. The van der Waals surface area contributed by atoms with Crippen LogP contribution in [0.25, 0.3) is 10.9 Å². The number of hydrogen-bond acceptors (Lipinski definition) is 2. The van der Waals surface area contributed by atoms with Gasteiger partial charge in [-0.05, 0) is 61.6 Å². The van der Waals surface area contributed by atoms with E-state index >= 15 is 0 Å². The molecule has 3 rings (SSSR count). The first-order valence-corrected chi connectivity index (χ1v) is 9.31. The summed E-state index contributed by atoms with van der Waals surface area (Å²) in [6.45, 7) is 8.34. The number of nitrogens with one attached hydrogen (secondary N) is 1. The van der Waals surface area contributed by atoms with Gasteiger partial charge in [-0.1, -0.05) is 26.0 Å². The maximum absolute atomic E-state index is 13.9. The van der Waals surface area contributed by atoms with Gasteiger partial charge >= 0.3 is 0 Å². The Labute approximate surface area is 160 Å². The van der Waals surface area contributed by atoms with Gasteiger partial charge in [-0.2, -0.15) is 0 Å². The van der Waals surface area contributed by atoms with Crippen molar-refractivity contribution in [3.05, 3.63) is 65.1 Å². The molecule has 3 aromatic rings. The van der Waals surface area contributed by atoms with Crippen molar-refractivity contribution < 1.29 is 9.13 Å². The lowest BCUT2D eigenvalue weighted by atomic mass is 9.73. The highest BCUT2D eigenvalue weighted by molar-refractivity contribution is 5.83. The van der Waals surface area contributed by atoms with Crippen LogP contribution in [0.2, 0.25) is 0 Å². The topological polar surface area (TPSA) is 51.0 Å². The minimum absolute atomic E-state index is 0.260. The van der Waals surface area contributed by atoms with E-state index in [9.17, 15) is 4.39 Å². The number of H-pyrrole nitrogens is 1. The second kappa shape index (κ2) is 7.01. The van der Waals surface area contributed by atoms with E-state index in [1.54, 1.807) is 19.2 Å². The summed E-state index contributed by atoms with van der Waals surface area (Å²) < 4.78 is 19.3. The SMILES string of the molecule is COc1ccc(F)cc1C(C)(C)CC(C)(N)Cc1cc2c(C)cccc2[nH]1. The number of aromatic amines is 1. The van der Waals surface area contributed by atoms with E-state index in [0.29, 0.717) is 18.6 Å². The first-order valence-electron chi connectivity index (χ1n) is 9.31. The van der Waals surface area contributed by atoms with Gasteiger partial charge in [0, 0.05) is 34.1 Å². The van der Waals surface area contributed by atoms with E-state index in [0.717, 1.165) is 16.8 Å². The van der Waals surface area contributed by atoms with E-state index in [-0.39, 0.29) is 11.2 Å². The molecule has 1 aromatic heterocycles. The van der Waals surface area contributed by atoms with Crippen LogP contribution in [0, 0.1) is 12.7 Å². The average Bonchev–Trinajstić information content (AvgIpc) is 2.96. The van der Waals surface area contributed by atoms with Crippen LogP contribution in [-0.2, 0) is 11.8 Å². The van der Waals surface area contributed by atoms with Crippen LogP contribution in [0.5, 0.6) is 5.75 Å². The number of aryl methyl sites for hydroxylation is 1. The Morgan fingerprint density at radius 3 is 2.52 bits per heavy atom. The normalized spacial score (nSPS) is 14.3. The summed E-state index contributed by atoms with van der Waals surface area (Å²) >= 11 is 0. The average molecular weight is 368 g/mol. The summed E-state index contributed by atoms with van der Waals surface area (Å²) in [4.78, 5) is 3.49. The number of nitrogens with two attached hydrogens (primary N) is 1. The monoisotopic (exact) mass is 368 g/mol. The molecule has 3 N–H and O–H groups in total. The Kier molecular flexibility index (Phi) is 5.04. The largest absolute Gasteiger partial charge is 0.496 e. The summed E-state index contributed by atoms with van der Waals surface area (Å²) in [5.41, 5.74) is 10.2. The molecule has 4 heteroatoms. The second-order valence-corrected chi connectivity index (χ2v) is 8.57. The smallest absolute Gasteiger partial charge is 0.123 e. The number of halogens is 1. The van der Waals surface area contributed by atoms with Crippen molar-refractivity contribution >= 4 is 10.9 Å². The van der Waals surface area contributed by atoms with Gasteiger partial charge in [0.05, 0.1) is 7.11 Å². The number of benzene rings is 2. The maximum atomic E-state index is 13.9. The van der Waals surface area contributed by atoms with Crippen molar-refractivity contribution in [2.75, 3.05) is 7.11 Å². The molecule has 0 spiro atoms. The van der Waals surface area contributed by atoms with Crippen LogP contribution in [-0.4, -0.2) is 17.6 Å². The Morgan fingerprint density at radius 2 is 1.85 bits per heavy atom. The fraction of sp³-hybridized carbons (Fsp3) is 0.391. The minimum atomic E-state index is -0.463. The van der Waals surface area contributed by atoms with Gasteiger partial charge in [-0.3, -0.25) is 0 Å². The first kappa shape index (κ1) is 19.4. The summed E-state index contributed by atoms with van der Waals surface area (Å²) in [6, 6.07) is 13.1. The van der Waals surface area contributed by atoms with Crippen LogP contribution in [0.3, 0.4) is 0 Å². The molecule has 1 atom stereocenters. The number of rotatable bonds is 6. The Bertz CT molecular complexity index is 956. The Hall–Kier alpha value is -2.33. The highest BCUT2D eigenvalue weighted by atomic mass is 19.1. The molecular formula is C23H29FN2O. The van der Waals surface area contributed by atoms with Gasteiger partial charge in [0.1, 0.15) is 11.6 Å². The number of fused-ring (bicyclic) bond motifs is 1. The summed E-state index contributed by atoms with van der Waals surface area (Å²) in [5.74, 6) is 0.433. The summed E-state index contributed by atoms with van der Waals surface area (Å²) in [5, 5.41) is 1.23. The van der Waals surface area contributed by atoms with E-state index in [2.05, 4.69) is 56.9 Å². The van der Waals surface area contributed by atoms with E-state index < -0.39 is 5.54 Å². The predicted octanol–water partition coefficient (Wildman–Crippen LogP) is 5.25. The molecule has 0 bridgehead atoms. The lowest BCUT2D eigenvalue weighted by molar-refractivity contribution is 0.311. The third-order valence-corrected chi connectivity index (χ3v) is 5.27. The highest BCUT2D eigenvalue weighted by Crippen LogP contribution is 2.38. The van der Waals surface area contributed by atoms with Crippen molar-refractivity contribution in [2.45, 2.75) is 51.5 Å². The molecular weight excluding hydrogens is 339 g/mol. The molecule has 0 aliphatic heterocycles. The van der Waals surface area contributed by atoms with Gasteiger partial charge in [0.2, 0.25) is 0 Å². The number of hydrogen-bond donors (Lipinski definition) is 2. The first-order chi connectivity index (χ1) is 12.6. The van der Waals surface area contributed by atoms with Crippen molar-refractivity contribution in [3.63, 3.8) is 0 Å². The molecule has 0 saturated heterocycles. The zero-order valence-electron chi connectivity index (χ0n) is 16.8. The molecule has 144 valence electrons. The molecule has 0 fully saturated rings. The van der Waals surface area contributed by atoms with Crippen molar-refractivity contribution in [1.82, 2.24) is 4.98 Å². The molecule has 1 heterocycles. The minimum Gasteiger partial charge on any atom is -0.496 e. The summed E-state index contributed by atoms with van der Waals surface area (Å²) in [6.07, 6.45) is 1.40. The van der Waals surface area contributed by atoms with Crippen molar-refractivity contribution in [1.29, 1.82) is 0 Å². The highest BCUT2D eigenvalue weighted by Gasteiger charge is 2.33. The van der Waals surface area contributed by atoms with Gasteiger partial charge < -0.3 is 15.5 Å². The van der Waals surface area contributed by atoms with Crippen molar-refractivity contribution in [2.24, 2.45) is 5.73 Å². The van der Waals surface area contributed by atoms with Gasteiger partial charge in [0.15, 0.2) is 0 Å². The standard InChI is InChI=1S/C23H29FN2O/c1-15-7-6-8-20-18(15)12-17(26-20)13-23(4,25)14-22(2,3)19-11-16(24)9-10-21(19)27-5/h6-12,26H,13-14,25H2,1-5H3. The summed E-state index contributed by atoms with van der Waals surface area (Å²) in [7, 11) is 1.61. The lowest BCUT2D eigenvalue weighted by Gasteiger charge is -2.36.